The number of para-hydroxylation sites is 1. The molecule has 0 aliphatic carbocycles. The van der Waals surface area contributed by atoms with E-state index < -0.39 is 0 Å². The predicted molar refractivity (Wildman–Crippen MR) is 105 cm³/mol. The first-order valence-electron chi connectivity index (χ1n) is 8.59. The predicted octanol–water partition coefficient (Wildman–Crippen LogP) is 4.14. The van der Waals surface area contributed by atoms with Crippen LogP contribution in [0.1, 0.15) is 18.9 Å². The van der Waals surface area contributed by atoms with Crippen LogP contribution in [0.3, 0.4) is 0 Å². The molecule has 1 heterocycles. The van der Waals surface area contributed by atoms with Crippen LogP contribution in [0.15, 0.2) is 36.4 Å². The Balaban J connectivity index is 1.78. The van der Waals surface area contributed by atoms with Crippen LogP contribution in [0, 0.1) is 0 Å². The molecule has 6 heteroatoms. The van der Waals surface area contributed by atoms with Gasteiger partial charge in [-0.05, 0) is 37.5 Å². The van der Waals surface area contributed by atoms with Gasteiger partial charge in [-0.2, -0.15) is 0 Å². The van der Waals surface area contributed by atoms with Gasteiger partial charge in [-0.3, -0.25) is 4.79 Å². The molecule has 1 aliphatic heterocycles. The van der Waals surface area contributed by atoms with E-state index in [9.17, 15) is 4.79 Å². The van der Waals surface area contributed by atoms with E-state index in [1.807, 2.05) is 12.1 Å². The number of carbonyl (C=O) groups is 1. The molecule has 0 saturated heterocycles. The van der Waals surface area contributed by atoms with E-state index in [-0.39, 0.29) is 12.5 Å². The summed E-state index contributed by atoms with van der Waals surface area (Å²) in [5.74, 6) is 0.889. The molecule has 0 fully saturated rings. The summed E-state index contributed by atoms with van der Waals surface area (Å²) in [4.78, 5) is 14.8. The lowest BCUT2D eigenvalue weighted by Crippen LogP contribution is -2.42. The molecule has 2 aromatic rings. The number of hydrogen-bond acceptors (Lipinski definition) is 4. The van der Waals surface area contributed by atoms with E-state index in [4.69, 9.17) is 21.1 Å². The minimum atomic E-state index is -0.118. The average Bonchev–Trinajstić information content (AvgIpc) is 2.64. The number of nitrogens with zero attached hydrogens (tertiary/aromatic N) is 1. The van der Waals surface area contributed by atoms with Crippen molar-refractivity contribution in [2.45, 2.75) is 25.8 Å². The van der Waals surface area contributed by atoms with E-state index in [1.165, 1.54) is 12.7 Å². The fourth-order valence-corrected chi connectivity index (χ4v) is 3.54. The van der Waals surface area contributed by atoms with Crippen molar-refractivity contribution in [2.24, 2.45) is 0 Å². The van der Waals surface area contributed by atoms with Gasteiger partial charge in [-0.25, -0.2) is 0 Å². The van der Waals surface area contributed by atoms with Crippen LogP contribution in [0.2, 0.25) is 5.02 Å². The van der Waals surface area contributed by atoms with Crippen LogP contribution in [0.5, 0.6) is 11.5 Å². The first-order chi connectivity index (χ1) is 12.5. The molecule has 0 saturated carbocycles. The molecule has 1 atom stereocenters. The minimum absolute atomic E-state index is 0.118. The maximum atomic E-state index is 12.7. The average molecular weight is 375 g/mol. The van der Waals surface area contributed by atoms with Gasteiger partial charge in [-0.15, -0.1) is 0 Å². The second-order valence-corrected chi connectivity index (χ2v) is 6.79. The second kappa shape index (κ2) is 7.87. The van der Waals surface area contributed by atoms with Crippen LogP contribution < -0.4 is 19.7 Å². The third-order valence-corrected chi connectivity index (χ3v) is 5.02. The summed E-state index contributed by atoms with van der Waals surface area (Å²) in [5, 5.41) is 3.32. The Bertz CT molecular complexity index is 810. The van der Waals surface area contributed by atoms with Crippen molar-refractivity contribution in [3.8, 4) is 11.5 Å². The number of methoxy groups -OCH3 is 2. The molecule has 1 N–H and O–H groups in total. The van der Waals surface area contributed by atoms with Gasteiger partial charge in [0.25, 0.3) is 0 Å². The van der Waals surface area contributed by atoms with Gasteiger partial charge in [-0.1, -0.05) is 29.8 Å². The lowest BCUT2D eigenvalue weighted by molar-refractivity contribution is -0.115. The summed E-state index contributed by atoms with van der Waals surface area (Å²) in [7, 11) is 3.08. The van der Waals surface area contributed by atoms with Crippen molar-refractivity contribution in [1.29, 1.82) is 0 Å². The lowest BCUT2D eigenvalue weighted by Gasteiger charge is -2.36. The molecule has 2 aromatic carbocycles. The van der Waals surface area contributed by atoms with E-state index >= 15 is 0 Å². The van der Waals surface area contributed by atoms with Crippen molar-refractivity contribution in [3.63, 3.8) is 0 Å². The zero-order chi connectivity index (χ0) is 18.7. The Morgan fingerprint density at radius 1 is 1.23 bits per heavy atom. The molecule has 0 radical (unpaired) electrons. The number of carbonyl (C=O) groups excluding carboxylic acids is 1. The topological polar surface area (TPSA) is 50.8 Å². The summed E-state index contributed by atoms with van der Waals surface area (Å²) < 4.78 is 10.5. The quantitative estimate of drug-likeness (QED) is 0.854. The highest BCUT2D eigenvalue weighted by Gasteiger charge is 2.25. The molecular weight excluding hydrogens is 352 g/mol. The van der Waals surface area contributed by atoms with Gasteiger partial charge in [0.1, 0.15) is 11.5 Å². The van der Waals surface area contributed by atoms with Gasteiger partial charge in [0.15, 0.2) is 0 Å². The molecule has 5 nitrogen and oxygen atoms in total. The van der Waals surface area contributed by atoms with Crippen molar-refractivity contribution < 1.29 is 14.3 Å². The standard InChI is InChI=1S/C20H23ClN2O3/c1-13-8-9-14-6-4-5-7-17(14)23(13)12-20(24)22-16-10-15(21)18(25-2)11-19(16)26-3/h4-7,10-11,13H,8-9,12H2,1-3H3,(H,22,24). The molecule has 1 amide bonds. The van der Waals surface area contributed by atoms with Gasteiger partial charge < -0.3 is 19.7 Å². The fraction of sp³-hybridized carbons (Fsp3) is 0.350. The normalized spacial score (nSPS) is 16.0. The Morgan fingerprint density at radius 3 is 2.69 bits per heavy atom. The molecular formula is C20H23ClN2O3. The molecule has 3 rings (SSSR count). The number of nitrogens with one attached hydrogen (secondary N) is 1. The second-order valence-electron chi connectivity index (χ2n) is 6.38. The molecule has 0 bridgehead atoms. The highest BCUT2D eigenvalue weighted by atomic mass is 35.5. The van der Waals surface area contributed by atoms with Crippen LogP contribution >= 0.6 is 11.6 Å². The van der Waals surface area contributed by atoms with Crippen LogP contribution in [-0.4, -0.2) is 32.7 Å². The summed E-state index contributed by atoms with van der Waals surface area (Å²) in [6, 6.07) is 11.9. The first kappa shape index (κ1) is 18.4. The first-order valence-corrected chi connectivity index (χ1v) is 8.97. The van der Waals surface area contributed by atoms with Crippen LogP contribution in [-0.2, 0) is 11.2 Å². The summed E-state index contributed by atoms with van der Waals surface area (Å²) in [5.41, 5.74) is 2.94. The van der Waals surface area contributed by atoms with Crippen molar-refractivity contribution in [1.82, 2.24) is 0 Å². The Kier molecular flexibility index (Phi) is 5.57. The molecule has 138 valence electrons. The number of ether oxygens (including phenoxy) is 2. The van der Waals surface area contributed by atoms with Gasteiger partial charge in [0.2, 0.25) is 5.91 Å². The number of halogens is 1. The van der Waals surface area contributed by atoms with E-state index in [1.54, 1.807) is 19.2 Å². The largest absolute Gasteiger partial charge is 0.495 e. The fourth-order valence-electron chi connectivity index (χ4n) is 3.30. The summed E-state index contributed by atoms with van der Waals surface area (Å²) in [6.07, 6.45) is 2.07. The van der Waals surface area contributed by atoms with Crippen molar-refractivity contribution in [3.05, 3.63) is 47.0 Å². The Morgan fingerprint density at radius 2 is 1.96 bits per heavy atom. The van der Waals surface area contributed by atoms with Gasteiger partial charge >= 0.3 is 0 Å². The molecule has 0 aromatic heterocycles. The smallest absolute Gasteiger partial charge is 0.244 e. The maximum Gasteiger partial charge on any atom is 0.244 e. The Hall–Kier alpha value is -2.40. The number of aryl methyl sites for hydroxylation is 1. The van der Waals surface area contributed by atoms with E-state index in [0.717, 1.165) is 18.5 Å². The number of hydrogen-bond donors (Lipinski definition) is 1. The van der Waals surface area contributed by atoms with Crippen LogP contribution in [0.25, 0.3) is 0 Å². The van der Waals surface area contributed by atoms with Crippen molar-refractivity contribution in [2.75, 3.05) is 31.0 Å². The molecule has 1 unspecified atom stereocenters. The zero-order valence-electron chi connectivity index (χ0n) is 15.2. The number of amides is 1. The third kappa shape index (κ3) is 3.73. The third-order valence-electron chi connectivity index (χ3n) is 4.73. The van der Waals surface area contributed by atoms with E-state index in [2.05, 4.69) is 29.3 Å². The van der Waals surface area contributed by atoms with Gasteiger partial charge in [0, 0.05) is 17.8 Å². The number of anilines is 2. The summed E-state index contributed by atoms with van der Waals surface area (Å²) >= 11 is 6.18. The molecule has 26 heavy (non-hydrogen) atoms. The number of benzene rings is 2. The number of rotatable bonds is 5. The van der Waals surface area contributed by atoms with Gasteiger partial charge in [0.05, 0.1) is 31.5 Å². The zero-order valence-corrected chi connectivity index (χ0v) is 16.0. The van der Waals surface area contributed by atoms with E-state index in [0.29, 0.717) is 28.3 Å². The highest BCUT2D eigenvalue weighted by Crippen LogP contribution is 2.36. The van der Waals surface area contributed by atoms with Crippen molar-refractivity contribution >= 4 is 28.9 Å². The molecule has 0 spiro atoms. The highest BCUT2D eigenvalue weighted by molar-refractivity contribution is 6.32. The SMILES string of the molecule is COc1cc(OC)c(NC(=O)CN2c3ccccc3CCC2C)cc1Cl. The lowest BCUT2D eigenvalue weighted by atomic mass is 9.96. The monoisotopic (exact) mass is 374 g/mol. The maximum absolute atomic E-state index is 12.7. The summed E-state index contributed by atoms with van der Waals surface area (Å²) in [6.45, 7) is 2.42. The number of fused-ring (bicyclic) bond motifs is 1. The molecule has 1 aliphatic rings. The Labute approximate surface area is 158 Å². The minimum Gasteiger partial charge on any atom is -0.495 e. The van der Waals surface area contributed by atoms with Crippen LogP contribution in [0.4, 0.5) is 11.4 Å².